The summed E-state index contributed by atoms with van der Waals surface area (Å²) < 4.78 is 0. The Morgan fingerprint density at radius 2 is 2.58 bits per heavy atom. The van der Waals surface area contributed by atoms with Gasteiger partial charge < -0.3 is 17.3 Å². The van der Waals surface area contributed by atoms with Crippen LogP contribution in [0.4, 0.5) is 0 Å². The third-order valence-electron chi connectivity index (χ3n) is 1.31. The second-order valence-corrected chi connectivity index (χ2v) is 2.23. The first-order valence-electron chi connectivity index (χ1n) is 3.16. The molecule has 12 heavy (non-hydrogen) atoms. The molecule has 0 aliphatic rings. The number of aromatic nitrogens is 2. The van der Waals surface area contributed by atoms with Gasteiger partial charge in [-0.3, -0.25) is 4.79 Å². The number of carboxylic acids is 1. The largest absolute Gasteiger partial charge is 1.00 e. The quantitative estimate of drug-likeness (QED) is 0.436. The average molecular weight is 195 g/mol. The second-order valence-electron chi connectivity index (χ2n) is 2.23. The van der Waals surface area contributed by atoms with Crippen LogP contribution in [0, 0.1) is 0 Å². The van der Waals surface area contributed by atoms with E-state index < -0.39 is 12.0 Å². The summed E-state index contributed by atoms with van der Waals surface area (Å²) in [7, 11) is 0. The Labute approximate surface area is 114 Å². The number of hydrogen-bond acceptors (Lipinski definition) is 3. The van der Waals surface area contributed by atoms with Crippen LogP contribution in [0.3, 0.4) is 0 Å². The van der Waals surface area contributed by atoms with Crippen LogP contribution in [0.15, 0.2) is 12.5 Å². The van der Waals surface area contributed by atoms with E-state index in [1.54, 1.807) is 6.20 Å². The summed E-state index contributed by atoms with van der Waals surface area (Å²) in [5.41, 5.74) is 6.00. The zero-order valence-corrected chi connectivity index (χ0v) is 9.94. The molecule has 4 N–H and O–H groups in total. The third-order valence-corrected chi connectivity index (χ3v) is 1.31. The van der Waals surface area contributed by atoms with Crippen LogP contribution in [0.1, 0.15) is 7.12 Å². The van der Waals surface area contributed by atoms with E-state index in [4.69, 9.17) is 10.8 Å². The summed E-state index contributed by atoms with van der Waals surface area (Å²) in [6.45, 7) is 0. The molecule has 0 bridgehead atoms. The molecule has 1 heterocycles. The van der Waals surface area contributed by atoms with Crippen molar-refractivity contribution in [2.75, 3.05) is 0 Å². The fourth-order valence-corrected chi connectivity index (χ4v) is 0.721. The summed E-state index contributed by atoms with van der Waals surface area (Å²) in [5.74, 6) is -1.00. The van der Waals surface area contributed by atoms with Crippen LogP contribution in [0.25, 0.3) is 0 Å². The first kappa shape index (κ1) is 12.3. The number of aliphatic carboxylic acids is 1. The molecule has 1 aromatic heterocycles. The molecule has 5 nitrogen and oxygen atoms in total. The summed E-state index contributed by atoms with van der Waals surface area (Å²) >= 11 is 0. The van der Waals surface area contributed by atoms with Crippen LogP contribution in [-0.4, -0.2) is 27.1 Å². The number of imidazole rings is 1. The molecule has 0 saturated heterocycles. The Kier molecular flexibility index (Phi) is 5.98. The van der Waals surface area contributed by atoms with E-state index in [1.165, 1.54) is 6.33 Å². The number of carboxylic acid groups (broad SMARTS) is 1. The molecule has 62 valence electrons. The number of H-pyrrole nitrogens is 1. The third kappa shape index (κ3) is 3.79. The van der Waals surface area contributed by atoms with E-state index in [-0.39, 0.29) is 59.2 Å². The van der Waals surface area contributed by atoms with Crippen molar-refractivity contribution in [2.24, 2.45) is 5.73 Å². The molecule has 1 aromatic rings. The number of rotatable bonds is 3. The minimum atomic E-state index is -1.00. The molecular weight excluding hydrogens is 185 g/mol. The summed E-state index contributed by atoms with van der Waals surface area (Å²) in [6.07, 6.45) is 3.34. The van der Waals surface area contributed by atoms with E-state index in [2.05, 4.69) is 9.97 Å². The Hall–Kier alpha value is 0.276. The van der Waals surface area contributed by atoms with E-state index in [1.807, 2.05) is 0 Å². The molecule has 1 unspecified atom stereocenters. The van der Waals surface area contributed by atoms with Crippen molar-refractivity contribution in [3.05, 3.63) is 18.2 Å². The molecule has 0 aromatic carbocycles. The van der Waals surface area contributed by atoms with Gasteiger partial charge in [0.1, 0.15) is 6.04 Å². The van der Waals surface area contributed by atoms with Gasteiger partial charge in [0.05, 0.1) is 6.33 Å². The average Bonchev–Trinajstić information content (AvgIpc) is 2.39. The minimum Gasteiger partial charge on any atom is -1.00 e. The number of nitrogens with two attached hydrogens (primary N) is 1. The predicted molar refractivity (Wildman–Crippen MR) is 39.0 cm³/mol. The van der Waals surface area contributed by atoms with Gasteiger partial charge in [-0.2, -0.15) is 0 Å². The molecule has 0 fully saturated rings. The van der Waals surface area contributed by atoms with Crippen molar-refractivity contribution in [1.29, 1.82) is 0 Å². The second kappa shape index (κ2) is 5.84. The van der Waals surface area contributed by atoms with Crippen LogP contribution in [0.5, 0.6) is 0 Å². The molecule has 1 rings (SSSR count). The zero-order chi connectivity index (χ0) is 8.27. The molecular formula is C6H10KN3O2. The van der Waals surface area contributed by atoms with Gasteiger partial charge in [0, 0.05) is 18.3 Å². The Bertz CT molecular complexity index is 242. The van der Waals surface area contributed by atoms with Gasteiger partial charge in [-0.05, 0) is 0 Å². The zero-order valence-electron chi connectivity index (χ0n) is 7.82. The maximum Gasteiger partial charge on any atom is 1.00 e. The minimum absolute atomic E-state index is 0. The van der Waals surface area contributed by atoms with Gasteiger partial charge in [-0.15, -0.1) is 0 Å². The summed E-state index contributed by atoms with van der Waals surface area (Å²) in [4.78, 5) is 16.8. The van der Waals surface area contributed by atoms with Crippen molar-refractivity contribution in [1.82, 2.24) is 9.97 Å². The van der Waals surface area contributed by atoms with Crippen molar-refractivity contribution >= 4 is 5.97 Å². The number of carbonyl (C=O) groups is 1. The summed E-state index contributed by atoms with van der Waals surface area (Å²) in [5, 5.41) is 8.42. The van der Waals surface area contributed by atoms with Crippen molar-refractivity contribution in [2.45, 2.75) is 12.5 Å². The molecule has 0 spiro atoms. The molecule has 0 aliphatic carbocycles. The first-order valence-corrected chi connectivity index (χ1v) is 3.16. The predicted octanol–water partition coefficient (Wildman–Crippen LogP) is -3.52. The molecule has 1 atom stereocenters. The van der Waals surface area contributed by atoms with Gasteiger partial charge in [-0.25, -0.2) is 4.98 Å². The van der Waals surface area contributed by atoms with Crippen LogP contribution in [0.2, 0.25) is 0 Å². The van der Waals surface area contributed by atoms with Crippen LogP contribution >= 0.6 is 0 Å². The fraction of sp³-hybridized carbons (Fsp3) is 0.333. The van der Waals surface area contributed by atoms with E-state index in [0.29, 0.717) is 0 Å². The SMILES string of the molecule is NC(Cc1cnc[nH]1)C(=O)O.[H-].[K+]. The van der Waals surface area contributed by atoms with E-state index >= 15 is 0 Å². The Morgan fingerprint density at radius 3 is 3.00 bits per heavy atom. The Morgan fingerprint density at radius 1 is 1.92 bits per heavy atom. The number of aromatic amines is 1. The first-order chi connectivity index (χ1) is 5.20. The van der Waals surface area contributed by atoms with Gasteiger partial charge in [-0.1, -0.05) is 0 Å². The van der Waals surface area contributed by atoms with Crippen LogP contribution in [-0.2, 0) is 11.2 Å². The maximum absolute atomic E-state index is 10.3. The van der Waals surface area contributed by atoms with E-state index in [9.17, 15) is 4.79 Å². The standard InChI is InChI=1S/C6H9N3O2.K.H/c7-5(6(10)11)1-4-2-8-3-9-4;;/h2-3,5H,1,7H2,(H,8,9)(H,10,11);;/q;+1;-1. The maximum atomic E-state index is 10.3. The molecule has 6 heteroatoms. The number of hydrogen-bond donors (Lipinski definition) is 3. The van der Waals surface area contributed by atoms with Crippen molar-refractivity contribution < 1.29 is 62.7 Å². The topological polar surface area (TPSA) is 92.0 Å². The smallest absolute Gasteiger partial charge is 1.00 e. The summed E-state index contributed by atoms with van der Waals surface area (Å²) in [6, 6.07) is -0.851. The van der Waals surface area contributed by atoms with Gasteiger partial charge in [0.15, 0.2) is 0 Å². The van der Waals surface area contributed by atoms with Gasteiger partial charge >= 0.3 is 57.4 Å². The van der Waals surface area contributed by atoms with E-state index in [0.717, 1.165) is 5.69 Å². The van der Waals surface area contributed by atoms with Crippen molar-refractivity contribution in [3.8, 4) is 0 Å². The number of nitrogens with zero attached hydrogens (tertiary/aromatic N) is 1. The molecule has 0 aliphatic heterocycles. The fourth-order valence-electron chi connectivity index (χ4n) is 0.721. The monoisotopic (exact) mass is 195 g/mol. The number of nitrogens with one attached hydrogen (secondary N) is 1. The van der Waals surface area contributed by atoms with Crippen molar-refractivity contribution in [3.63, 3.8) is 0 Å². The Balaban J connectivity index is 0. The molecule has 0 saturated carbocycles. The molecule has 0 amide bonds. The van der Waals surface area contributed by atoms with Gasteiger partial charge in [0.25, 0.3) is 0 Å². The molecule has 0 radical (unpaired) electrons. The van der Waals surface area contributed by atoms with Crippen LogP contribution < -0.4 is 57.1 Å². The van der Waals surface area contributed by atoms with Gasteiger partial charge in [0.2, 0.25) is 0 Å². The normalized spacial score (nSPS) is 11.8.